The highest BCUT2D eigenvalue weighted by atomic mass is 19.1. The molecule has 31 heavy (non-hydrogen) atoms. The van der Waals surface area contributed by atoms with Gasteiger partial charge in [-0.2, -0.15) is 5.10 Å². The summed E-state index contributed by atoms with van der Waals surface area (Å²) in [6, 6.07) is 7.46. The molecule has 1 unspecified atom stereocenters. The van der Waals surface area contributed by atoms with E-state index in [0.29, 0.717) is 11.6 Å². The Kier molecular flexibility index (Phi) is 4.90. The lowest BCUT2D eigenvalue weighted by atomic mass is 9.87. The Hall–Kier alpha value is -3.33. The summed E-state index contributed by atoms with van der Waals surface area (Å²) in [5.74, 6) is -2.12. The number of aromatic amines is 1. The number of nitrogen functional groups attached to an aromatic ring is 1. The second-order valence-electron chi connectivity index (χ2n) is 8.00. The number of carbonyl (C=O) groups excluding carboxylic acids is 1. The fourth-order valence-corrected chi connectivity index (χ4v) is 4.48. The molecule has 5 rings (SSSR count). The molecule has 1 fully saturated rings. The Labute approximate surface area is 177 Å². The van der Waals surface area contributed by atoms with Gasteiger partial charge in [0.1, 0.15) is 28.8 Å². The normalized spacial score (nSPS) is 19.1. The molecule has 2 aliphatic rings. The van der Waals surface area contributed by atoms with Crippen molar-refractivity contribution in [2.75, 3.05) is 30.3 Å². The predicted molar refractivity (Wildman–Crippen MR) is 112 cm³/mol. The average molecular weight is 424 g/mol. The number of aromatic nitrogens is 3. The second-order valence-corrected chi connectivity index (χ2v) is 8.00. The van der Waals surface area contributed by atoms with Crippen molar-refractivity contribution in [3.05, 3.63) is 64.9 Å². The number of rotatable bonds is 4. The molecular formula is C22H22F2N6O. The van der Waals surface area contributed by atoms with Crippen molar-refractivity contribution in [2.24, 2.45) is 0 Å². The Balaban J connectivity index is 1.55. The molecule has 0 bridgehead atoms. The summed E-state index contributed by atoms with van der Waals surface area (Å²) in [4.78, 5) is 21.7. The maximum Gasteiger partial charge on any atom is 0.179 e. The third-order valence-corrected chi connectivity index (χ3v) is 6.00. The van der Waals surface area contributed by atoms with Crippen LogP contribution < -0.4 is 10.6 Å². The predicted octanol–water partition coefficient (Wildman–Crippen LogP) is 3.38. The molecule has 1 saturated heterocycles. The van der Waals surface area contributed by atoms with Crippen molar-refractivity contribution in [1.29, 1.82) is 0 Å². The number of H-pyrrole nitrogens is 1. The maximum atomic E-state index is 14.5. The number of Topliss-reactive ketones (excluding diaryl/α,β-unsaturated/α-hetero) is 1. The highest BCUT2D eigenvalue weighted by molar-refractivity contribution is 6.11. The van der Waals surface area contributed by atoms with E-state index in [0.717, 1.165) is 37.3 Å². The molecule has 1 aromatic carbocycles. The van der Waals surface area contributed by atoms with Gasteiger partial charge in [-0.1, -0.05) is 6.07 Å². The van der Waals surface area contributed by atoms with Gasteiger partial charge >= 0.3 is 0 Å². The van der Waals surface area contributed by atoms with Gasteiger partial charge in [0.05, 0.1) is 5.92 Å². The van der Waals surface area contributed by atoms with Crippen LogP contribution in [0.5, 0.6) is 0 Å². The number of likely N-dealkylation sites (tertiary alicyclic amines) is 1. The van der Waals surface area contributed by atoms with E-state index in [1.807, 2.05) is 12.1 Å². The number of pyridine rings is 1. The number of fused-ring (bicyclic) bond motifs is 1. The van der Waals surface area contributed by atoms with Gasteiger partial charge in [0, 0.05) is 24.8 Å². The molecule has 3 aromatic rings. The minimum atomic E-state index is -1.07. The minimum Gasteiger partial charge on any atom is -0.383 e. The lowest BCUT2D eigenvalue weighted by molar-refractivity contribution is 0.0954. The van der Waals surface area contributed by atoms with Crippen molar-refractivity contribution in [3.8, 4) is 0 Å². The third kappa shape index (κ3) is 3.44. The number of nitrogens with zero attached hydrogens (tertiary/aromatic N) is 4. The van der Waals surface area contributed by atoms with Crippen molar-refractivity contribution >= 4 is 23.2 Å². The van der Waals surface area contributed by atoms with Gasteiger partial charge in [0.2, 0.25) is 0 Å². The Morgan fingerprint density at radius 2 is 1.90 bits per heavy atom. The molecule has 9 heteroatoms. The number of ketones is 1. The number of anilines is 3. The molecule has 1 atom stereocenters. The Morgan fingerprint density at radius 3 is 2.65 bits per heavy atom. The van der Waals surface area contributed by atoms with Gasteiger partial charge in [-0.05, 0) is 55.8 Å². The van der Waals surface area contributed by atoms with Crippen LogP contribution in [0.15, 0.2) is 36.5 Å². The van der Waals surface area contributed by atoms with E-state index in [-0.39, 0.29) is 23.5 Å². The number of hydrogen-bond acceptors (Lipinski definition) is 6. The van der Waals surface area contributed by atoms with Gasteiger partial charge < -0.3 is 10.6 Å². The molecular weight excluding hydrogens is 402 g/mol. The molecule has 7 nitrogen and oxygen atoms in total. The molecule has 0 spiro atoms. The first-order valence-electron chi connectivity index (χ1n) is 10.3. The quantitative estimate of drug-likeness (QED) is 0.667. The topological polar surface area (TPSA) is 91.1 Å². The number of carbonyl (C=O) groups is 1. The molecule has 0 aliphatic carbocycles. The van der Waals surface area contributed by atoms with E-state index >= 15 is 0 Å². The van der Waals surface area contributed by atoms with Gasteiger partial charge in [-0.3, -0.25) is 14.8 Å². The van der Waals surface area contributed by atoms with Crippen LogP contribution in [0.3, 0.4) is 0 Å². The van der Waals surface area contributed by atoms with Gasteiger partial charge in [0.25, 0.3) is 0 Å². The molecule has 3 N–H and O–H groups in total. The first-order chi connectivity index (χ1) is 15.0. The van der Waals surface area contributed by atoms with Crippen LogP contribution in [-0.2, 0) is 6.54 Å². The Morgan fingerprint density at radius 1 is 1.16 bits per heavy atom. The van der Waals surface area contributed by atoms with E-state index in [1.165, 1.54) is 18.9 Å². The molecule has 4 heterocycles. The lowest BCUT2D eigenvalue weighted by Gasteiger charge is -2.32. The van der Waals surface area contributed by atoms with Crippen molar-refractivity contribution in [3.63, 3.8) is 0 Å². The summed E-state index contributed by atoms with van der Waals surface area (Å²) in [5.41, 5.74) is 6.90. The van der Waals surface area contributed by atoms with Crippen LogP contribution in [0.1, 0.15) is 40.2 Å². The van der Waals surface area contributed by atoms with Crippen LogP contribution in [0.4, 0.5) is 26.2 Å². The van der Waals surface area contributed by atoms with Gasteiger partial charge in [0.15, 0.2) is 11.6 Å². The SMILES string of the molecule is Nc1[nH]nc2c1C(=O)C(c1c(F)cccc1F)CN2c1cc(CN2CCCC2)ccn1. The smallest absolute Gasteiger partial charge is 0.179 e. The number of benzene rings is 1. The monoisotopic (exact) mass is 424 g/mol. The summed E-state index contributed by atoms with van der Waals surface area (Å²) in [5, 5.41) is 6.81. The fourth-order valence-electron chi connectivity index (χ4n) is 4.48. The van der Waals surface area contributed by atoms with Gasteiger partial charge in [-0.15, -0.1) is 0 Å². The van der Waals surface area contributed by atoms with Crippen LogP contribution in [0, 0.1) is 11.6 Å². The number of halogens is 2. The zero-order valence-corrected chi connectivity index (χ0v) is 16.8. The Bertz CT molecular complexity index is 1120. The largest absolute Gasteiger partial charge is 0.383 e. The van der Waals surface area contributed by atoms with E-state index in [4.69, 9.17) is 5.73 Å². The summed E-state index contributed by atoms with van der Waals surface area (Å²) in [7, 11) is 0. The highest BCUT2D eigenvalue weighted by Crippen LogP contribution is 2.40. The molecule has 2 aliphatic heterocycles. The second kappa shape index (κ2) is 7.73. The minimum absolute atomic E-state index is 0.00808. The zero-order chi connectivity index (χ0) is 21.5. The van der Waals surface area contributed by atoms with E-state index in [9.17, 15) is 13.6 Å². The van der Waals surface area contributed by atoms with Crippen molar-refractivity contribution < 1.29 is 13.6 Å². The summed E-state index contributed by atoms with van der Waals surface area (Å²) < 4.78 is 29.1. The van der Waals surface area contributed by atoms with Crippen molar-refractivity contribution in [2.45, 2.75) is 25.3 Å². The zero-order valence-electron chi connectivity index (χ0n) is 16.8. The van der Waals surface area contributed by atoms with Crippen molar-refractivity contribution in [1.82, 2.24) is 20.1 Å². The number of nitrogens with two attached hydrogens (primary N) is 1. The highest BCUT2D eigenvalue weighted by Gasteiger charge is 2.40. The third-order valence-electron chi connectivity index (χ3n) is 6.00. The first-order valence-corrected chi connectivity index (χ1v) is 10.3. The summed E-state index contributed by atoms with van der Waals surface area (Å²) in [6.07, 6.45) is 4.08. The summed E-state index contributed by atoms with van der Waals surface area (Å²) in [6.45, 7) is 2.92. The number of hydrogen-bond donors (Lipinski definition) is 2. The summed E-state index contributed by atoms with van der Waals surface area (Å²) >= 11 is 0. The maximum absolute atomic E-state index is 14.5. The molecule has 160 valence electrons. The number of nitrogens with one attached hydrogen (secondary N) is 1. The van der Waals surface area contributed by atoms with E-state index in [1.54, 1.807) is 11.1 Å². The average Bonchev–Trinajstić information content (AvgIpc) is 3.40. The lowest BCUT2D eigenvalue weighted by Crippen LogP contribution is -2.36. The van der Waals surface area contributed by atoms with Crippen LogP contribution in [0.25, 0.3) is 0 Å². The van der Waals surface area contributed by atoms with Crippen LogP contribution in [0.2, 0.25) is 0 Å². The van der Waals surface area contributed by atoms with E-state index < -0.39 is 23.3 Å². The standard InChI is InChI=1S/C22H22F2N6O/c23-15-4-3-5-16(24)18(15)14-12-30(22-19(20(14)31)21(25)27-28-22)17-10-13(6-7-26-17)11-29-8-1-2-9-29/h3-7,10,14H,1-2,8-9,11-12H2,(H3,25,27,28). The van der Waals surface area contributed by atoms with E-state index in [2.05, 4.69) is 20.1 Å². The molecule has 2 aromatic heterocycles. The van der Waals surface area contributed by atoms with Gasteiger partial charge in [-0.25, -0.2) is 13.8 Å². The molecule has 0 amide bonds. The molecule has 0 radical (unpaired) electrons. The van der Waals surface area contributed by atoms with Crippen LogP contribution >= 0.6 is 0 Å². The van der Waals surface area contributed by atoms with Crippen LogP contribution in [-0.4, -0.2) is 45.5 Å². The fraction of sp³-hybridized carbons (Fsp3) is 0.318. The molecule has 0 saturated carbocycles. The first kappa shape index (κ1) is 19.6.